The molecule has 0 aromatic carbocycles. The lowest BCUT2D eigenvalue weighted by Gasteiger charge is -2.28. The van der Waals surface area contributed by atoms with Gasteiger partial charge in [0.05, 0.1) is 18.5 Å². The van der Waals surface area contributed by atoms with Gasteiger partial charge >= 0.3 is 7.60 Å². The van der Waals surface area contributed by atoms with Crippen LogP contribution in [0.4, 0.5) is 0 Å². The second-order valence-corrected chi connectivity index (χ2v) is 9.29. The fraction of sp³-hybridized carbons (Fsp3) is 0.706. The highest BCUT2D eigenvalue weighted by Gasteiger charge is 2.53. The summed E-state index contributed by atoms with van der Waals surface area (Å²) in [4.78, 5) is 3.41. The summed E-state index contributed by atoms with van der Waals surface area (Å²) in [5.74, 6) is 2.86. The number of aromatic amines is 1. The second-order valence-electron chi connectivity index (χ2n) is 6.89. The number of hydrogen-bond donors (Lipinski definition) is 1. The first-order valence-electron chi connectivity index (χ1n) is 8.75. The molecule has 1 aromatic rings. The van der Waals surface area contributed by atoms with Gasteiger partial charge in [-0.05, 0) is 62.5 Å². The predicted molar refractivity (Wildman–Crippen MR) is 93.0 cm³/mol. The van der Waals surface area contributed by atoms with Gasteiger partial charge in [-0.15, -0.1) is 0 Å². The van der Waals surface area contributed by atoms with E-state index in [0.29, 0.717) is 35.0 Å². The number of fused-ring (bicyclic) bond motifs is 8. The average Bonchev–Trinajstić information content (AvgIpc) is 3.18. The molecule has 0 unspecified atom stereocenters. The van der Waals surface area contributed by atoms with E-state index in [0.717, 1.165) is 11.8 Å². The lowest BCUT2D eigenvalue weighted by molar-refractivity contribution is 0.229. The Morgan fingerprint density at radius 1 is 1.22 bits per heavy atom. The summed E-state index contributed by atoms with van der Waals surface area (Å²) in [6, 6.07) is 2.04. The zero-order valence-corrected chi connectivity index (χ0v) is 15.4. The molecule has 1 heterocycles. The molecule has 4 rings (SSSR count). The van der Waals surface area contributed by atoms with E-state index < -0.39 is 7.60 Å². The Morgan fingerprint density at radius 3 is 2.52 bits per heavy atom. The largest absolute Gasteiger partial charge is 0.364 e. The molecule has 6 heteroatoms. The SMILES string of the molecule is CCOP(=O)(OCC)c1cc2c([nH]c1=S)[C@H]1C[C@@H]2[C@H]2CCC[C@@H]21. The van der Waals surface area contributed by atoms with Crippen molar-refractivity contribution in [2.24, 2.45) is 11.8 Å². The molecule has 0 aliphatic heterocycles. The number of H-pyrrole nitrogens is 1. The van der Waals surface area contributed by atoms with Crippen LogP contribution >= 0.6 is 19.8 Å². The van der Waals surface area contributed by atoms with Gasteiger partial charge in [-0.2, -0.15) is 0 Å². The summed E-state index contributed by atoms with van der Waals surface area (Å²) in [6.45, 7) is 4.35. The quantitative estimate of drug-likeness (QED) is 0.619. The molecular weight excluding hydrogens is 329 g/mol. The van der Waals surface area contributed by atoms with Gasteiger partial charge in [-0.3, -0.25) is 4.57 Å². The summed E-state index contributed by atoms with van der Waals surface area (Å²) >= 11 is 5.52. The van der Waals surface area contributed by atoms with Gasteiger partial charge in [0, 0.05) is 11.6 Å². The monoisotopic (exact) mass is 353 g/mol. The van der Waals surface area contributed by atoms with Crippen molar-refractivity contribution in [3.8, 4) is 0 Å². The first-order valence-corrected chi connectivity index (χ1v) is 10.7. The van der Waals surface area contributed by atoms with Crippen LogP contribution in [0.1, 0.15) is 62.6 Å². The van der Waals surface area contributed by atoms with Crippen molar-refractivity contribution in [2.45, 2.75) is 51.4 Å². The summed E-state index contributed by atoms with van der Waals surface area (Å²) in [5, 5.41) is 0.553. The highest BCUT2D eigenvalue weighted by atomic mass is 32.1. The van der Waals surface area contributed by atoms with Crippen LogP contribution in [-0.2, 0) is 13.6 Å². The summed E-state index contributed by atoms with van der Waals surface area (Å²) in [6.07, 6.45) is 5.27. The smallest absolute Gasteiger partial charge is 0.349 e. The lowest BCUT2D eigenvalue weighted by Crippen LogP contribution is -2.22. The molecule has 23 heavy (non-hydrogen) atoms. The number of hydrogen-bond acceptors (Lipinski definition) is 4. The maximum absolute atomic E-state index is 13.1. The van der Waals surface area contributed by atoms with E-state index in [1.54, 1.807) is 0 Å². The van der Waals surface area contributed by atoms with Crippen molar-refractivity contribution in [1.82, 2.24) is 4.98 Å². The lowest BCUT2D eigenvalue weighted by atomic mass is 9.80. The van der Waals surface area contributed by atoms with E-state index in [4.69, 9.17) is 21.3 Å². The molecule has 4 nitrogen and oxygen atoms in total. The summed E-state index contributed by atoms with van der Waals surface area (Å²) in [7, 11) is -3.33. The summed E-state index contributed by atoms with van der Waals surface area (Å²) in [5.41, 5.74) is 2.62. The van der Waals surface area contributed by atoms with Gasteiger partial charge in [0.1, 0.15) is 4.64 Å². The van der Waals surface area contributed by atoms with Crippen LogP contribution in [0, 0.1) is 16.5 Å². The van der Waals surface area contributed by atoms with Gasteiger partial charge in [-0.1, -0.05) is 18.6 Å². The zero-order valence-electron chi connectivity index (χ0n) is 13.7. The third-order valence-electron chi connectivity index (χ3n) is 5.91. The van der Waals surface area contributed by atoms with Crippen molar-refractivity contribution < 1.29 is 13.6 Å². The fourth-order valence-corrected chi connectivity index (χ4v) is 7.35. The van der Waals surface area contributed by atoms with E-state index in [-0.39, 0.29) is 0 Å². The Labute approximate surface area is 142 Å². The van der Waals surface area contributed by atoms with Gasteiger partial charge in [0.2, 0.25) is 0 Å². The summed E-state index contributed by atoms with van der Waals surface area (Å²) < 4.78 is 24.7. The number of nitrogens with one attached hydrogen (secondary N) is 1. The first kappa shape index (κ1) is 16.0. The molecule has 2 saturated carbocycles. The molecule has 3 aliphatic carbocycles. The third kappa shape index (κ3) is 2.31. The minimum atomic E-state index is -3.33. The van der Waals surface area contributed by atoms with Crippen LogP contribution in [0.25, 0.3) is 0 Å². The Kier molecular flexibility index (Phi) is 4.04. The Hall–Kier alpha value is -0.480. The van der Waals surface area contributed by atoms with E-state index >= 15 is 0 Å². The maximum atomic E-state index is 13.1. The van der Waals surface area contributed by atoms with Crippen molar-refractivity contribution in [3.05, 3.63) is 22.0 Å². The highest BCUT2D eigenvalue weighted by Crippen LogP contribution is 2.64. The third-order valence-corrected chi connectivity index (χ3v) is 8.53. The topological polar surface area (TPSA) is 51.3 Å². The van der Waals surface area contributed by atoms with Crippen molar-refractivity contribution in [2.75, 3.05) is 13.2 Å². The first-order chi connectivity index (χ1) is 11.1. The van der Waals surface area contributed by atoms with Crippen LogP contribution in [0.3, 0.4) is 0 Å². The molecule has 1 aromatic heterocycles. The van der Waals surface area contributed by atoms with Gasteiger partial charge in [0.25, 0.3) is 0 Å². The number of aromatic nitrogens is 1. The van der Waals surface area contributed by atoms with E-state index in [9.17, 15) is 4.57 Å². The second kappa shape index (κ2) is 5.80. The Balaban J connectivity index is 1.79. The molecule has 4 atom stereocenters. The van der Waals surface area contributed by atoms with Crippen LogP contribution in [0.15, 0.2) is 6.07 Å². The Bertz CT molecular complexity index is 721. The molecule has 1 N–H and O–H groups in total. The van der Waals surface area contributed by atoms with Crippen LogP contribution < -0.4 is 5.30 Å². The predicted octanol–water partition coefficient (Wildman–Crippen LogP) is 4.64. The number of rotatable bonds is 5. The molecule has 2 bridgehead atoms. The molecule has 126 valence electrons. The molecule has 0 amide bonds. The van der Waals surface area contributed by atoms with E-state index in [1.807, 2.05) is 19.9 Å². The van der Waals surface area contributed by atoms with Crippen LogP contribution in [-0.4, -0.2) is 18.2 Å². The normalized spacial score (nSPS) is 31.4. The van der Waals surface area contributed by atoms with Gasteiger partial charge in [0.15, 0.2) is 0 Å². The standard InChI is InChI=1S/C17H24NO3PS/c1-3-20-22(19,21-4-2)15-9-14-12-8-13(16(14)18-17(15)23)11-7-5-6-10(11)12/h9-13H,3-8H2,1-2H3,(H,18,23)/t10-,11-,12+,13-/m0/s1. The zero-order chi connectivity index (χ0) is 16.2. The molecule has 0 saturated heterocycles. The van der Waals surface area contributed by atoms with Crippen molar-refractivity contribution in [3.63, 3.8) is 0 Å². The molecule has 3 aliphatic rings. The fourth-order valence-electron chi connectivity index (χ4n) is 5.21. The van der Waals surface area contributed by atoms with Crippen LogP contribution in [0.5, 0.6) is 0 Å². The van der Waals surface area contributed by atoms with Gasteiger partial charge < -0.3 is 14.0 Å². The van der Waals surface area contributed by atoms with Crippen molar-refractivity contribution in [1.29, 1.82) is 0 Å². The van der Waals surface area contributed by atoms with E-state index in [2.05, 4.69) is 4.98 Å². The molecular formula is C17H24NO3PS. The highest BCUT2D eigenvalue weighted by molar-refractivity contribution is 7.72. The maximum Gasteiger partial charge on any atom is 0.364 e. The molecule has 2 fully saturated rings. The molecule has 0 radical (unpaired) electrons. The van der Waals surface area contributed by atoms with E-state index in [1.165, 1.54) is 36.9 Å². The van der Waals surface area contributed by atoms with Crippen LogP contribution in [0.2, 0.25) is 0 Å². The minimum Gasteiger partial charge on any atom is -0.349 e. The Morgan fingerprint density at radius 2 is 1.87 bits per heavy atom. The number of pyridine rings is 1. The van der Waals surface area contributed by atoms with Crippen molar-refractivity contribution >= 4 is 25.1 Å². The average molecular weight is 353 g/mol. The van der Waals surface area contributed by atoms with Gasteiger partial charge in [-0.25, -0.2) is 0 Å². The minimum absolute atomic E-state index is 0.347. The molecule has 0 spiro atoms.